The van der Waals surface area contributed by atoms with Crippen LogP contribution in [0.25, 0.3) is 10.9 Å². The first-order valence-corrected chi connectivity index (χ1v) is 8.06. The Hall–Kier alpha value is -2.02. The Morgan fingerprint density at radius 3 is 2.43 bits per heavy atom. The topological polar surface area (TPSA) is 4.93 Å². The molecule has 2 aromatic carbocycles. The predicted molar refractivity (Wildman–Crippen MR) is 88.7 cm³/mol. The van der Waals surface area contributed by atoms with Gasteiger partial charge in [-0.25, -0.2) is 0 Å². The molecule has 0 spiro atoms. The average molecular weight is 275 g/mol. The van der Waals surface area contributed by atoms with E-state index >= 15 is 0 Å². The fourth-order valence-corrected chi connectivity index (χ4v) is 3.71. The second kappa shape index (κ2) is 5.40. The van der Waals surface area contributed by atoms with Gasteiger partial charge in [0.25, 0.3) is 0 Å². The van der Waals surface area contributed by atoms with Gasteiger partial charge in [-0.2, -0.15) is 0 Å². The Kier molecular flexibility index (Phi) is 3.27. The third kappa shape index (κ3) is 2.27. The zero-order valence-corrected chi connectivity index (χ0v) is 12.4. The van der Waals surface area contributed by atoms with Crippen LogP contribution in [0.5, 0.6) is 0 Å². The highest BCUT2D eigenvalue weighted by molar-refractivity contribution is 5.85. The number of para-hydroxylation sites is 1. The fourth-order valence-electron chi connectivity index (χ4n) is 3.71. The molecule has 21 heavy (non-hydrogen) atoms. The summed E-state index contributed by atoms with van der Waals surface area (Å²) in [6.45, 7) is 0.997. The maximum Gasteiger partial charge on any atom is 0.0488 e. The standard InChI is InChI=1S/C20H21N/c1-3-9-16(10-4-1)15-21-19-13-6-2-5-11-17(19)18-12-7-8-14-20(18)21/h1,3-4,7-10,12,14H,2,5-6,11,13,15H2. The zero-order valence-electron chi connectivity index (χ0n) is 12.4. The van der Waals surface area contributed by atoms with E-state index in [2.05, 4.69) is 59.2 Å². The molecule has 1 aromatic heterocycles. The summed E-state index contributed by atoms with van der Waals surface area (Å²) in [4.78, 5) is 0. The van der Waals surface area contributed by atoms with Crippen molar-refractivity contribution in [2.75, 3.05) is 0 Å². The minimum atomic E-state index is 0.997. The summed E-state index contributed by atoms with van der Waals surface area (Å²) in [6, 6.07) is 19.8. The predicted octanol–water partition coefficient (Wildman–Crippen LogP) is 4.96. The van der Waals surface area contributed by atoms with Crippen LogP contribution in [0.3, 0.4) is 0 Å². The monoisotopic (exact) mass is 275 g/mol. The van der Waals surface area contributed by atoms with Gasteiger partial charge in [0.05, 0.1) is 0 Å². The van der Waals surface area contributed by atoms with Crippen LogP contribution in [0, 0.1) is 0 Å². The molecule has 0 radical (unpaired) electrons. The molecule has 106 valence electrons. The van der Waals surface area contributed by atoms with Crippen molar-refractivity contribution in [2.24, 2.45) is 0 Å². The van der Waals surface area contributed by atoms with Crippen LogP contribution in [0.1, 0.15) is 36.1 Å². The number of fused-ring (bicyclic) bond motifs is 3. The van der Waals surface area contributed by atoms with Crippen LogP contribution in [-0.4, -0.2) is 4.57 Å². The number of nitrogens with zero attached hydrogens (tertiary/aromatic N) is 1. The van der Waals surface area contributed by atoms with Gasteiger partial charge in [0.1, 0.15) is 0 Å². The quantitative estimate of drug-likeness (QED) is 0.583. The molecule has 0 atom stereocenters. The molecule has 0 saturated carbocycles. The first kappa shape index (κ1) is 12.7. The largest absolute Gasteiger partial charge is 0.340 e. The highest BCUT2D eigenvalue weighted by atomic mass is 15.0. The number of aromatic nitrogens is 1. The number of hydrogen-bond donors (Lipinski definition) is 0. The molecule has 0 aliphatic heterocycles. The summed E-state index contributed by atoms with van der Waals surface area (Å²) in [5.41, 5.74) is 6.00. The second-order valence-corrected chi connectivity index (χ2v) is 6.07. The zero-order chi connectivity index (χ0) is 14.1. The van der Waals surface area contributed by atoms with Crippen molar-refractivity contribution in [1.29, 1.82) is 0 Å². The molecule has 3 aromatic rings. The van der Waals surface area contributed by atoms with Crippen molar-refractivity contribution >= 4 is 10.9 Å². The third-order valence-electron chi connectivity index (χ3n) is 4.72. The van der Waals surface area contributed by atoms with E-state index < -0.39 is 0 Å². The van der Waals surface area contributed by atoms with Gasteiger partial charge in [-0.15, -0.1) is 0 Å². The lowest BCUT2D eigenvalue weighted by molar-refractivity contribution is 0.688. The van der Waals surface area contributed by atoms with Crippen molar-refractivity contribution in [3.63, 3.8) is 0 Å². The molecule has 1 heterocycles. The first-order chi connectivity index (χ1) is 10.4. The molecule has 1 nitrogen and oxygen atoms in total. The van der Waals surface area contributed by atoms with Gasteiger partial charge in [-0.05, 0) is 42.9 Å². The van der Waals surface area contributed by atoms with Crippen LogP contribution in [-0.2, 0) is 19.4 Å². The van der Waals surface area contributed by atoms with E-state index in [0.717, 1.165) is 6.54 Å². The third-order valence-corrected chi connectivity index (χ3v) is 4.72. The van der Waals surface area contributed by atoms with E-state index in [9.17, 15) is 0 Å². The molecular formula is C20H21N. The number of hydrogen-bond acceptors (Lipinski definition) is 0. The molecule has 1 aliphatic rings. The minimum absolute atomic E-state index is 0.997. The van der Waals surface area contributed by atoms with Crippen LogP contribution in [0.15, 0.2) is 54.6 Å². The van der Waals surface area contributed by atoms with Crippen molar-refractivity contribution < 1.29 is 0 Å². The lowest BCUT2D eigenvalue weighted by Crippen LogP contribution is -2.05. The summed E-state index contributed by atoms with van der Waals surface area (Å²) in [5.74, 6) is 0. The van der Waals surface area contributed by atoms with E-state index in [4.69, 9.17) is 0 Å². The van der Waals surface area contributed by atoms with Gasteiger partial charge in [0.15, 0.2) is 0 Å². The van der Waals surface area contributed by atoms with Gasteiger partial charge in [0, 0.05) is 23.1 Å². The van der Waals surface area contributed by atoms with Gasteiger partial charge >= 0.3 is 0 Å². The van der Waals surface area contributed by atoms with Gasteiger partial charge in [0.2, 0.25) is 0 Å². The van der Waals surface area contributed by atoms with E-state index in [0.29, 0.717) is 0 Å². The van der Waals surface area contributed by atoms with Crippen LogP contribution in [0.2, 0.25) is 0 Å². The molecule has 0 bridgehead atoms. The van der Waals surface area contributed by atoms with E-state index in [1.807, 2.05) is 0 Å². The van der Waals surface area contributed by atoms with Crippen molar-refractivity contribution in [3.05, 3.63) is 71.4 Å². The smallest absolute Gasteiger partial charge is 0.0488 e. The Bertz CT molecular complexity index is 752. The molecule has 1 aliphatic carbocycles. The first-order valence-electron chi connectivity index (χ1n) is 8.06. The summed E-state index contributed by atoms with van der Waals surface area (Å²) in [6.07, 6.45) is 6.52. The van der Waals surface area contributed by atoms with Crippen molar-refractivity contribution in [1.82, 2.24) is 4.57 Å². The summed E-state index contributed by atoms with van der Waals surface area (Å²) >= 11 is 0. The van der Waals surface area contributed by atoms with Crippen LogP contribution >= 0.6 is 0 Å². The lowest BCUT2D eigenvalue weighted by atomic mass is 10.1. The highest BCUT2D eigenvalue weighted by Crippen LogP contribution is 2.32. The Morgan fingerprint density at radius 1 is 0.762 bits per heavy atom. The van der Waals surface area contributed by atoms with E-state index in [1.54, 1.807) is 11.3 Å². The van der Waals surface area contributed by atoms with E-state index in [-0.39, 0.29) is 0 Å². The number of rotatable bonds is 2. The fraction of sp³-hybridized carbons (Fsp3) is 0.300. The lowest BCUT2D eigenvalue weighted by Gasteiger charge is -2.11. The van der Waals surface area contributed by atoms with Gasteiger partial charge in [-0.1, -0.05) is 55.0 Å². The van der Waals surface area contributed by atoms with Gasteiger partial charge < -0.3 is 4.57 Å². The summed E-state index contributed by atoms with van der Waals surface area (Å²) in [5, 5.41) is 1.48. The average Bonchev–Trinajstić information content (AvgIpc) is 2.69. The molecule has 0 unspecified atom stereocenters. The number of benzene rings is 2. The normalized spacial score (nSPS) is 14.9. The second-order valence-electron chi connectivity index (χ2n) is 6.07. The minimum Gasteiger partial charge on any atom is -0.340 e. The van der Waals surface area contributed by atoms with Crippen molar-refractivity contribution in [3.8, 4) is 0 Å². The molecule has 4 rings (SSSR count). The molecule has 0 fully saturated rings. The Labute approximate surface area is 126 Å². The molecule has 0 amide bonds. The molecule has 0 N–H and O–H groups in total. The SMILES string of the molecule is c1ccc(Cn2c3c(c4ccccc42)CCCCC3)cc1. The summed E-state index contributed by atoms with van der Waals surface area (Å²) < 4.78 is 2.56. The van der Waals surface area contributed by atoms with Gasteiger partial charge in [-0.3, -0.25) is 0 Å². The van der Waals surface area contributed by atoms with Crippen molar-refractivity contribution in [2.45, 2.75) is 38.6 Å². The number of aryl methyl sites for hydroxylation is 1. The van der Waals surface area contributed by atoms with E-state index in [1.165, 1.54) is 48.6 Å². The van der Waals surface area contributed by atoms with Crippen LogP contribution < -0.4 is 0 Å². The Balaban J connectivity index is 1.88. The molecule has 1 heteroatoms. The highest BCUT2D eigenvalue weighted by Gasteiger charge is 2.18. The molecule has 0 saturated heterocycles. The molecular weight excluding hydrogens is 254 g/mol. The Morgan fingerprint density at radius 2 is 1.52 bits per heavy atom. The summed E-state index contributed by atoms with van der Waals surface area (Å²) in [7, 11) is 0. The van der Waals surface area contributed by atoms with Crippen LogP contribution in [0.4, 0.5) is 0 Å². The maximum atomic E-state index is 2.56. The maximum absolute atomic E-state index is 2.56.